The quantitative estimate of drug-likeness (QED) is 0.745. The third kappa shape index (κ3) is 2.58. The van der Waals surface area contributed by atoms with Gasteiger partial charge in [0.25, 0.3) is 0 Å². The molecule has 104 valence electrons. The second kappa shape index (κ2) is 5.72. The zero-order valence-corrected chi connectivity index (χ0v) is 12.4. The smallest absolute Gasteiger partial charge is 0.131 e. The van der Waals surface area contributed by atoms with Crippen LogP contribution in [0, 0.1) is 0 Å². The molecular weight excluding hydrogens is 305 g/mol. The molecule has 0 spiro atoms. The molecule has 3 rings (SSSR count). The Morgan fingerprint density at radius 1 is 0.857 bits per heavy atom. The molecule has 0 saturated heterocycles. The average Bonchev–Trinajstić information content (AvgIpc) is 2.51. The molecule has 0 saturated carbocycles. The van der Waals surface area contributed by atoms with Gasteiger partial charge in [0.15, 0.2) is 0 Å². The van der Waals surface area contributed by atoms with Crippen LogP contribution < -0.4 is 5.73 Å². The van der Waals surface area contributed by atoms with Crippen LogP contribution in [0.25, 0.3) is 22.3 Å². The monoisotopic (exact) mass is 315 g/mol. The molecular formula is C16H11Cl2N3. The van der Waals surface area contributed by atoms with Gasteiger partial charge in [0.1, 0.15) is 5.82 Å². The van der Waals surface area contributed by atoms with E-state index in [0.717, 1.165) is 22.3 Å². The summed E-state index contributed by atoms with van der Waals surface area (Å²) in [5, 5.41) is 0.951. The molecule has 0 unspecified atom stereocenters. The van der Waals surface area contributed by atoms with Crippen molar-refractivity contribution in [2.24, 2.45) is 0 Å². The number of rotatable bonds is 2. The summed E-state index contributed by atoms with van der Waals surface area (Å²) in [6.07, 6.45) is 5.14. The Balaban J connectivity index is 2.30. The maximum Gasteiger partial charge on any atom is 0.131 e. The van der Waals surface area contributed by atoms with Gasteiger partial charge in [-0.05, 0) is 35.4 Å². The molecule has 0 radical (unpaired) electrons. The predicted molar refractivity (Wildman–Crippen MR) is 87.3 cm³/mol. The maximum atomic E-state index is 6.33. The maximum absolute atomic E-state index is 6.33. The second-order valence-electron chi connectivity index (χ2n) is 4.46. The van der Waals surface area contributed by atoms with Gasteiger partial charge in [0.2, 0.25) is 0 Å². The number of hydrogen-bond donors (Lipinski definition) is 1. The summed E-state index contributed by atoms with van der Waals surface area (Å²) in [5.74, 6) is 0.411. The lowest BCUT2D eigenvalue weighted by atomic mass is 9.96. The van der Waals surface area contributed by atoms with E-state index in [-0.39, 0.29) is 0 Å². The normalized spacial score (nSPS) is 10.6. The summed E-state index contributed by atoms with van der Waals surface area (Å²) in [6.45, 7) is 0. The highest BCUT2D eigenvalue weighted by Gasteiger charge is 2.15. The molecule has 0 atom stereocenters. The van der Waals surface area contributed by atoms with E-state index >= 15 is 0 Å². The molecule has 3 nitrogen and oxygen atoms in total. The Bertz CT molecular complexity index is 789. The van der Waals surface area contributed by atoms with E-state index in [1.165, 1.54) is 0 Å². The van der Waals surface area contributed by atoms with E-state index < -0.39 is 0 Å². The Labute approximate surface area is 132 Å². The van der Waals surface area contributed by atoms with Crippen LogP contribution in [0.1, 0.15) is 0 Å². The molecule has 3 aromatic rings. The largest absolute Gasteiger partial charge is 0.383 e. The number of hydrogen-bond acceptors (Lipinski definition) is 3. The number of nitrogens with two attached hydrogens (primary N) is 1. The highest BCUT2D eigenvalue weighted by atomic mass is 35.5. The van der Waals surface area contributed by atoms with Gasteiger partial charge in [-0.25, -0.2) is 4.98 Å². The van der Waals surface area contributed by atoms with E-state index in [4.69, 9.17) is 28.9 Å². The molecule has 21 heavy (non-hydrogen) atoms. The SMILES string of the molecule is Nc1nccc(-c2ccncc2)c1-c1cccc(Cl)c1Cl. The van der Waals surface area contributed by atoms with Crippen molar-refractivity contribution in [3.05, 3.63) is 65.0 Å². The zero-order valence-electron chi connectivity index (χ0n) is 10.9. The number of anilines is 1. The summed E-state index contributed by atoms with van der Waals surface area (Å²) in [7, 11) is 0. The minimum Gasteiger partial charge on any atom is -0.383 e. The molecule has 5 heteroatoms. The van der Waals surface area contributed by atoms with E-state index in [9.17, 15) is 0 Å². The molecule has 0 aliphatic carbocycles. The van der Waals surface area contributed by atoms with Crippen LogP contribution in [0.4, 0.5) is 5.82 Å². The van der Waals surface area contributed by atoms with Crippen molar-refractivity contribution in [3.8, 4) is 22.3 Å². The Hall–Kier alpha value is -2.10. The minimum atomic E-state index is 0.411. The van der Waals surface area contributed by atoms with Crippen LogP contribution in [0.2, 0.25) is 10.0 Å². The molecule has 0 bridgehead atoms. The lowest BCUT2D eigenvalue weighted by Crippen LogP contribution is -1.97. The first-order valence-corrected chi connectivity index (χ1v) is 7.03. The third-order valence-electron chi connectivity index (χ3n) is 3.19. The van der Waals surface area contributed by atoms with Crippen LogP contribution in [-0.4, -0.2) is 9.97 Å². The molecule has 2 aromatic heterocycles. The summed E-state index contributed by atoms with van der Waals surface area (Å²) in [5.41, 5.74) is 9.55. The first-order valence-electron chi connectivity index (χ1n) is 6.27. The van der Waals surface area contributed by atoms with Gasteiger partial charge in [0.05, 0.1) is 10.0 Å². The van der Waals surface area contributed by atoms with Crippen LogP contribution in [-0.2, 0) is 0 Å². The van der Waals surface area contributed by atoms with Crippen molar-refractivity contribution >= 4 is 29.0 Å². The van der Waals surface area contributed by atoms with Gasteiger partial charge < -0.3 is 5.73 Å². The van der Waals surface area contributed by atoms with Gasteiger partial charge in [0, 0.05) is 29.7 Å². The number of halogens is 2. The van der Waals surface area contributed by atoms with Crippen molar-refractivity contribution in [2.75, 3.05) is 5.73 Å². The standard InChI is InChI=1S/C16H11Cl2N3/c17-13-3-1-2-12(15(13)18)14-11(6-9-21-16(14)19)10-4-7-20-8-5-10/h1-9H,(H2,19,21). The number of benzene rings is 1. The van der Waals surface area contributed by atoms with Gasteiger partial charge >= 0.3 is 0 Å². The fourth-order valence-corrected chi connectivity index (χ4v) is 2.62. The molecule has 0 fully saturated rings. The van der Waals surface area contributed by atoms with Gasteiger partial charge in [-0.3, -0.25) is 4.98 Å². The van der Waals surface area contributed by atoms with Crippen molar-refractivity contribution < 1.29 is 0 Å². The summed E-state index contributed by atoms with van der Waals surface area (Å²) in [6, 6.07) is 11.2. The molecule has 0 aliphatic rings. The summed E-state index contributed by atoms with van der Waals surface area (Å²) in [4.78, 5) is 8.21. The van der Waals surface area contributed by atoms with E-state index in [1.54, 1.807) is 24.7 Å². The number of pyridine rings is 2. The molecule has 2 heterocycles. The Morgan fingerprint density at radius 2 is 1.62 bits per heavy atom. The topological polar surface area (TPSA) is 51.8 Å². The number of nitrogen functional groups attached to an aromatic ring is 1. The van der Waals surface area contributed by atoms with Crippen molar-refractivity contribution in [1.82, 2.24) is 9.97 Å². The minimum absolute atomic E-state index is 0.411. The lowest BCUT2D eigenvalue weighted by Gasteiger charge is -2.14. The Kier molecular flexibility index (Phi) is 3.78. The van der Waals surface area contributed by atoms with Gasteiger partial charge in [-0.15, -0.1) is 0 Å². The average molecular weight is 316 g/mol. The number of nitrogens with zero attached hydrogens (tertiary/aromatic N) is 2. The number of aromatic nitrogens is 2. The van der Waals surface area contributed by atoms with Crippen LogP contribution in [0.5, 0.6) is 0 Å². The van der Waals surface area contributed by atoms with Crippen molar-refractivity contribution in [3.63, 3.8) is 0 Å². The van der Waals surface area contributed by atoms with Crippen LogP contribution in [0.15, 0.2) is 55.0 Å². The van der Waals surface area contributed by atoms with Crippen molar-refractivity contribution in [1.29, 1.82) is 0 Å². The molecule has 1 aromatic carbocycles. The fraction of sp³-hybridized carbons (Fsp3) is 0. The lowest BCUT2D eigenvalue weighted by molar-refractivity contribution is 1.31. The van der Waals surface area contributed by atoms with E-state index in [2.05, 4.69) is 9.97 Å². The Morgan fingerprint density at radius 3 is 2.38 bits per heavy atom. The highest BCUT2D eigenvalue weighted by molar-refractivity contribution is 6.44. The van der Waals surface area contributed by atoms with Crippen LogP contribution >= 0.6 is 23.2 Å². The fourth-order valence-electron chi connectivity index (χ4n) is 2.23. The first-order chi connectivity index (χ1) is 10.2. The van der Waals surface area contributed by atoms with Crippen molar-refractivity contribution in [2.45, 2.75) is 0 Å². The summed E-state index contributed by atoms with van der Waals surface area (Å²) < 4.78 is 0. The summed E-state index contributed by atoms with van der Waals surface area (Å²) >= 11 is 12.4. The van der Waals surface area contributed by atoms with Gasteiger partial charge in [-0.1, -0.05) is 35.3 Å². The predicted octanol–water partition coefficient (Wildman–Crippen LogP) is 4.70. The van der Waals surface area contributed by atoms with E-state index in [1.807, 2.05) is 30.3 Å². The highest BCUT2D eigenvalue weighted by Crippen LogP contribution is 2.40. The third-order valence-corrected chi connectivity index (χ3v) is 4.01. The molecule has 0 amide bonds. The van der Waals surface area contributed by atoms with Gasteiger partial charge in [-0.2, -0.15) is 0 Å². The molecule has 0 aliphatic heterocycles. The van der Waals surface area contributed by atoms with Crippen LogP contribution in [0.3, 0.4) is 0 Å². The molecule has 2 N–H and O–H groups in total. The second-order valence-corrected chi connectivity index (χ2v) is 5.24. The van der Waals surface area contributed by atoms with E-state index in [0.29, 0.717) is 15.9 Å². The zero-order chi connectivity index (χ0) is 14.8. The first kappa shape index (κ1) is 13.9.